The van der Waals surface area contributed by atoms with Crippen molar-refractivity contribution in [2.45, 2.75) is 50.6 Å². The summed E-state index contributed by atoms with van der Waals surface area (Å²) in [5.74, 6) is 0.713. The van der Waals surface area contributed by atoms with E-state index in [0.29, 0.717) is 12.0 Å². The van der Waals surface area contributed by atoms with E-state index in [2.05, 4.69) is 47.5 Å². The molecule has 1 saturated carbocycles. The van der Waals surface area contributed by atoms with Crippen molar-refractivity contribution in [1.29, 1.82) is 0 Å². The van der Waals surface area contributed by atoms with Gasteiger partial charge in [0.1, 0.15) is 0 Å². The van der Waals surface area contributed by atoms with Crippen molar-refractivity contribution in [3.05, 3.63) is 35.9 Å². The Labute approximate surface area is 117 Å². The van der Waals surface area contributed by atoms with E-state index in [1.807, 2.05) is 0 Å². The van der Waals surface area contributed by atoms with Crippen molar-refractivity contribution < 1.29 is 0 Å². The quantitative estimate of drug-likeness (QED) is 0.873. The zero-order valence-electron chi connectivity index (χ0n) is 12.0. The van der Waals surface area contributed by atoms with Gasteiger partial charge in [0.2, 0.25) is 0 Å². The first-order chi connectivity index (χ1) is 9.36. The number of rotatable bonds is 5. The Bertz CT molecular complexity index is 386. The first kappa shape index (κ1) is 13.1. The summed E-state index contributed by atoms with van der Waals surface area (Å²) < 4.78 is 0. The standard InChI is InChI=1S/C17H26N2/c1-2-10-18-16-11-15(14-6-4-3-5-7-14)12-19(13-16)17-8-9-17/h3-7,15-18H,2,8-13H2,1H3. The molecule has 0 spiro atoms. The van der Waals surface area contributed by atoms with Crippen LogP contribution >= 0.6 is 0 Å². The lowest BCUT2D eigenvalue weighted by Gasteiger charge is -2.38. The Hall–Kier alpha value is -0.860. The molecule has 1 N–H and O–H groups in total. The third-order valence-electron chi connectivity index (χ3n) is 4.50. The molecule has 19 heavy (non-hydrogen) atoms. The van der Waals surface area contributed by atoms with Crippen molar-refractivity contribution in [1.82, 2.24) is 10.2 Å². The molecule has 2 unspecified atom stereocenters. The van der Waals surface area contributed by atoms with Crippen molar-refractivity contribution in [2.75, 3.05) is 19.6 Å². The Kier molecular flexibility index (Phi) is 4.19. The topological polar surface area (TPSA) is 15.3 Å². The van der Waals surface area contributed by atoms with E-state index in [0.717, 1.165) is 12.6 Å². The summed E-state index contributed by atoms with van der Waals surface area (Å²) >= 11 is 0. The Morgan fingerprint density at radius 2 is 1.95 bits per heavy atom. The summed E-state index contributed by atoms with van der Waals surface area (Å²) in [5.41, 5.74) is 1.52. The molecule has 2 nitrogen and oxygen atoms in total. The van der Waals surface area contributed by atoms with Crippen LogP contribution in [0.3, 0.4) is 0 Å². The molecule has 2 fully saturated rings. The highest BCUT2D eigenvalue weighted by atomic mass is 15.2. The van der Waals surface area contributed by atoms with Crippen molar-refractivity contribution >= 4 is 0 Å². The highest BCUT2D eigenvalue weighted by Crippen LogP contribution is 2.34. The van der Waals surface area contributed by atoms with Crippen LogP contribution in [-0.4, -0.2) is 36.6 Å². The van der Waals surface area contributed by atoms with E-state index in [1.54, 1.807) is 0 Å². The summed E-state index contributed by atoms with van der Waals surface area (Å²) in [5, 5.41) is 3.74. The van der Waals surface area contributed by atoms with Crippen molar-refractivity contribution in [2.24, 2.45) is 0 Å². The molecule has 1 heterocycles. The van der Waals surface area contributed by atoms with Crippen LogP contribution in [0.5, 0.6) is 0 Å². The van der Waals surface area contributed by atoms with Gasteiger partial charge in [-0.05, 0) is 43.7 Å². The molecule has 1 saturated heterocycles. The highest BCUT2D eigenvalue weighted by molar-refractivity contribution is 5.21. The van der Waals surface area contributed by atoms with Crippen LogP contribution in [0.15, 0.2) is 30.3 Å². The molecule has 0 radical (unpaired) electrons. The second-order valence-corrected chi connectivity index (χ2v) is 6.18. The fraction of sp³-hybridized carbons (Fsp3) is 0.647. The van der Waals surface area contributed by atoms with Crippen molar-refractivity contribution in [3.63, 3.8) is 0 Å². The largest absolute Gasteiger partial charge is 0.313 e. The van der Waals surface area contributed by atoms with Gasteiger partial charge in [-0.3, -0.25) is 4.90 Å². The van der Waals surface area contributed by atoms with Gasteiger partial charge in [-0.15, -0.1) is 0 Å². The number of benzene rings is 1. The zero-order chi connectivity index (χ0) is 13.1. The third kappa shape index (κ3) is 3.37. The molecule has 0 amide bonds. The predicted molar refractivity (Wildman–Crippen MR) is 80.5 cm³/mol. The van der Waals surface area contributed by atoms with Crippen molar-refractivity contribution in [3.8, 4) is 0 Å². The average molecular weight is 258 g/mol. The van der Waals surface area contributed by atoms with Gasteiger partial charge in [0, 0.05) is 25.2 Å². The van der Waals surface area contributed by atoms with E-state index in [1.165, 1.54) is 44.3 Å². The highest BCUT2D eigenvalue weighted by Gasteiger charge is 2.36. The molecular weight excluding hydrogens is 232 g/mol. The smallest absolute Gasteiger partial charge is 0.0201 e. The lowest BCUT2D eigenvalue weighted by Crippen LogP contribution is -2.49. The van der Waals surface area contributed by atoms with Gasteiger partial charge >= 0.3 is 0 Å². The predicted octanol–water partition coefficient (Wildman–Crippen LogP) is 3.01. The number of nitrogens with one attached hydrogen (secondary N) is 1. The summed E-state index contributed by atoms with van der Waals surface area (Å²) in [4.78, 5) is 2.73. The first-order valence-corrected chi connectivity index (χ1v) is 7.89. The van der Waals surface area contributed by atoms with Gasteiger partial charge in [0.15, 0.2) is 0 Å². The van der Waals surface area contributed by atoms with E-state index in [4.69, 9.17) is 0 Å². The van der Waals surface area contributed by atoms with Gasteiger partial charge in [-0.25, -0.2) is 0 Å². The number of piperidine rings is 1. The molecule has 2 atom stereocenters. The zero-order valence-corrected chi connectivity index (χ0v) is 12.0. The lowest BCUT2D eigenvalue weighted by atomic mass is 9.88. The van der Waals surface area contributed by atoms with Crippen LogP contribution in [0.1, 0.15) is 44.1 Å². The number of nitrogens with zero attached hydrogens (tertiary/aromatic N) is 1. The molecule has 0 aromatic heterocycles. The Balaban J connectivity index is 1.68. The summed E-state index contributed by atoms with van der Waals surface area (Å²) in [6.07, 6.45) is 5.37. The molecule has 1 aliphatic carbocycles. The summed E-state index contributed by atoms with van der Waals surface area (Å²) in [6, 6.07) is 12.7. The minimum Gasteiger partial charge on any atom is -0.313 e. The van der Waals surface area contributed by atoms with Gasteiger partial charge in [-0.1, -0.05) is 37.3 Å². The second kappa shape index (κ2) is 6.06. The van der Waals surface area contributed by atoms with Gasteiger partial charge in [0.05, 0.1) is 0 Å². The minimum atomic E-state index is 0.680. The monoisotopic (exact) mass is 258 g/mol. The van der Waals surface area contributed by atoms with Gasteiger partial charge in [0.25, 0.3) is 0 Å². The minimum absolute atomic E-state index is 0.680. The molecule has 1 aromatic rings. The summed E-state index contributed by atoms with van der Waals surface area (Å²) in [6.45, 7) is 5.93. The van der Waals surface area contributed by atoms with Crippen LogP contribution in [0.4, 0.5) is 0 Å². The second-order valence-electron chi connectivity index (χ2n) is 6.18. The van der Waals surface area contributed by atoms with Crippen LogP contribution < -0.4 is 5.32 Å². The Morgan fingerprint density at radius 1 is 1.16 bits per heavy atom. The van der Waals surface area contributed by atoms with E-state index in [-0.39, 0.29) is 0 Å². The van der Waals surface area contributed by atoms with Gasteiger partial charge in [-0.2, -0.15) is 0 Å². The number of hydrogen-bond donors (Lipinski definition) is 1. The number of hydrogen-bond acceptors (Lipinski definition) is 2. The molecule has 1 aliphatic heterocycles. The molecule has 3 rings (SSSR count). The summed E-state index contributed by atoms with van der Waals surface area (Å²) in [7, 11) is 0. The van der Waals surface area contributed by atoms with E-state index < -0.39 is 0 Å². The molecule has 1 aromatic carbocycles. The van der Waals surface area contributed by atoms with Crippen LogP contribution in [0.2, 0.25) is 0 Å². The maximum atomic E-state index is 3.74. The molecule has 0 bridgehead atoms. The molecular formula is C17H26N2. The third-order valence-corrected chi connectivity index (χ3v) is 4.50. The molecule has 104 valence electrons. The number of likely N-dealkylation sites (tertiary alicyclic amines) is 1. The van der Waals surface area contributed by atoms with Crippen LogP contribution in [-0.2, 0) is 0 Å². The average Bonchev–Trinajstić information content (AvgIpc) is 3.30. The first-order valence-electron chi connectivity index (χ1n) is 7.89. The fourth-order valence-electron chi connectivity index (χ4n) is 3.33. The molecule has 2 aliphatic rings. The normalized spacial score (nSPS) is 28.5. The maximum Gasteiger partial charge on any atom is 0.0201 e. The van der Waals surface area contributed by atoms with E-state index >= 15 is 0 Å². The van der Waals surface area contributed by atoms with E-state index in [9.17, 15) is 0 Å². The fourth-order valence-corrected chi connectivity index (χ4v) is 3.33. The Morgan fingerprint density at radius 3 is 2.63 bits per heavy atom. The van der Waals surface area contributed by atoms with Crippen LogP contribution in [0.25, 0.3) is 0 Å². The SMILES string of the molecule is CCCNC1CC(c2ccccc2)CN(C2CC2)C1. The molecule has 2 heteroatoms. The maximum absolute atomic E-state index is 3.74. The van der Waals surface area contributed by atoms with Crippen LogP contribution in [0, 0.1) is 0 Å². The van der Waals surface area contributed by atoms with Gasteiger partial charge < -0.3 is 5.32 Å². The lowest BCUT2D eigenvalue weighted by molar-refractivity contribution is 0.163.